The molecule has 1 atom stereocenters. The molecule has 1 N–H and O–H groups in total. The van der Waals surface area contributed by atoms with Crippen LogP contribution in [0.3, 0.4) is 0 Å². The Hall–Kier alpha value is -0.0800. The fourth-order valence-corrected chi connectivity index (χ4v) is 1.64. The Morgan fingerprint density at radius 3 is 1.78 bits per heavy atom. The molecule has 2 heteroatoms. The summed E-state index contributed by atoms with van der Waals surface area (Å²) in [6.45, 7) is 21.9. The van der Waals surface area contributed by atoms with Gasteiger partial charge in [-0.05, 0) is 59.3 Å². The van der Waals surface area contributed by atoms with Crippen molar-refractivity contribution in [2.45, 2.75) is 79.9 Å². The second-order valence-corrected chi connectivity index (χ2v) is 8.12. The monoisotopic (exact) mass is 257 g/mol. The predicted molar refractivity (Wildman–Crippen MR) is 81.0 cm³/mol. The van der Waals surface area contributed by atoms with E-state index in [2.05, 4.69) is 67.6 Å². The second kappa shape index (κ2) is 6.38. The number of hydrogen-bond acceptors (Lipinski definition) is 2. The first-order chi connectivity index (χ1) is 7.86. The van der Waals surface area contributed by atoms with Gasteiger partial charge in [-0.25, -0.2) is 0 Å². The summed E-state index contributed by atoms with van der Waals surface area (Å²) in [7, 11) is 0. The number of hydrogen-bond donors (Lipinski definition) is 1. The van der Waals surface area contributed by atoms with Crippen LogP contribution in [0.5, 0.6) is 0 Å². The third kappa shape index (κ3) is 8.10. The molecule has 0 radical (unpaired) electrons. The van der Waals surface area contributed by atoms with Crippen LogP contribution >= 0.6 is 0 Å². The molecule has 0 aromatic carbocycles. The summed E-state index contributed by atoms with van der Waals surface area (Å²) in [5.74, 6) is 0.649. The summed E-state index contributed by atoms with van der Waals surface area (Å²) >= 11 is 0. The molecule has 0 fully saturated rings. The van der Waals surface area contributed by atoms with Gasteiger partial charge in [0.05, 0.1) is 5.60 Å². The third-order valence-electron chi connectivity index (χ3n) is 3.62. The van der Waals surface area contributed by atoms with Crippen LogP contribution in [0.2, 0.25) is 0 Å². The molecular formula is C16H35NO. The average Bonchev–Trinajstić information content (AvgIpc) is 2.11. The minimum atomic E-state index is -0.0324. The lowest BCUT2D eigenvalue weighted by Gasteiger charge is -2.37. The molecule has 0 heterocycles. The van der Waals surface area contributed by atoms with Crippen molar-refractivity contribution in [3.63, 3.8) is 0 Å². The van der Waals surface area contributed by atoms with Crippen LogP contribution in [0.25, 0.3) is 0 Å². The van der Waals surface area contributed by atoms with Gasteiger partial charge in [0.2, 0.25) is 0 Å². The van der Waals surface area contributed by atoms with Gasteiger partial charge in [0, 0.05) is 18.7 Å². The molecule has 1 unspecified atom stereocenters. The van der Waals surface area contributed by atoms with Gasteiger partial charge in [-0.3, -0.25) is 0 Å². The van der Waals surface area contributed by atoms with E-state index in [9.17, 15) is 0 Å². The van der Waals surface area contributed by atoms with E-state index in [4.69, 9.17) is 4.74 Å². The summed E-state index contributed by atoms with van der Waals surface area (Å²) in [6, 6.07) is 0. The van der Waals surface area contributed by atoms with Crippen molar-refractivity contribution < 1.29 is 4.74 Å². The summed E-state index contributed by atoms with van der Waals surface area (Å²) in [4.78, 5) is 0. The Bertz CT molecular complexity index is 234. The smallest absolute Gasteiger partial charge is 0.0598 e. The third-order valence-corrected chi connectivity index (χ3v) is 3.62. The zero-order valence-corrected chi connectivity index (χ0v) is 14.1. The quantitative estimate of drug-likeness (QED) is 0.768. The summed E-state index contributed by atoms with van der Waals surface area (Å²) in [5.41, 5.74) is 0.439. The fraction of sp³-hybridized carbons (Fsp3) is 1.00. The van der Waals surface area contributed by atoms with Crippen molar-refractivity contribution in [2.75, 3.05) is 13.2 Å². The van der Waals surface area contributed by atoms with Gasteiger partial charge in [0.25, 0.3) is 0 Å². The first kappa shape index (κ1) is 17.9. The highest BCUT2D eigenvalue weighted by Crippen LogP contribution is 2.31. The molecule has 0 amide bonds. The largest absolute Gasteiger partial charge is 0.376 e. The Balaban J connectivity index is 4.36. The normalized spacial score (nSPS) is 17.0. The number of ether oxygens (including phenoxy) is 1. The van der Waals surface area contributed by atoms with Gasteiger partial charge in [0.15, 0.2) is 0 Å². The molecule has 0 aliphatic carbocycles. The van der Waals surface area contributed by atoms with Gasteiger partial charge >= 0.3 is 0 Å². The Morgan fingerprint density at radius 1 is 0.944 bits per heavy atom. The maximum absolute atomic E-state index is 5.88. The van der Waals surface area contributed by atoms with Gasteiger partial charge in [-0.15, -0.1) is 0 Å². The number of rotatable bonds is 6. The average molecular weight is 257 g/mol. The SMILES string of the molecule is CC(C)C(C)(CCOC(C)(C)C)CNC(C)(C)C. The van der Waals surface area contributed by atoms with Crippen LogP contribution in [-0.4, -0.2) is 24.3 Å². The molecule has 0 bridgehead atoms. The van der Waals surface area contributed by atoms with E-state index in [1.165, 1.54) is 0 Å². The van der Waals surface area contributed by atoms with E-state index >= 15 is 0 Å². The Labute approximate surface area is 115 Å². The molecule has 0 aromatic rings. The topological polar surface area (TPSA) is 21.3 Å². The van der Waals surface area contributed by atoms with E-state index in [1.54, 1.807) is 0 Å². The van der Waals surface area contributed by atoms with Gasteiger partial charge in [-0.1, -0.05) is 20.8 Å². The number of nitrogens with one attached hydrogen (secondary N) is 1. The van der Waals surface area contributed by atoms with Crippen molar-refractivity contribution in [1.82, 2.24) is 5.32 Å². The fourth-order valence-electron chi connectivity index (χ4n) is 1.64. The van der Waals surface area contributed by atoms with E-state index in [-0.39, 0.29) is 11.1 Å². The molecule has 0 rings (SSSR count). The summed E-state index contributed by atoms with van der Waals surface area (Å²) in [5, 5.41) is 3.64. The van der Waals surface area contributed by atoms with Gasteiger partial charge in [0.1, 0.15) is 0 Å². The van der Waals surface area contributed by atoms with Crippen molar-refractivity contribution in [2.24, 2.45) is 11.3 Å². The van der Waals surface area contributed by atoms with E-state index < -0.39 is 0 Å². The summed E-state index contributed by atoms with van der Waals surface area (Å²) < 4.78 is 5.88. The molecule has 2 nitrogen and oxygen atoms in total. The van der Waals surface area contributed by atoms with Crippen LogP contribution in [-0.2, 0) is 4.74 Å². The summed E-state index contributed by atoms with van der Waals surface area (Å²) in [6.07, 6.45) is 1.10. The van der Waals surface area contributed by atoms with Crippen molar-refractivity contribution >= 4 is 0 Å². The van der Waals surface area contributed by atoms with Crippen molar-refractivity contribution in [3.8, 4) is 0 Å². The molecular weight excluding hydrogens is 222 g/mol. The molecule has 0 aliphatic rings. The van der Waals surface area contributed by atoms with Crippen LogP contribution in [0, 0.1) is 11.3 Å². The first-order valence-electron chi connectivity index (χ1n) is 7.25. The van der Waals surface area contributed by atoms with E-state index in [0.717, 1.165) is 19.6 Å². The minimum Gasteiger partial charge on any atom is -0.376 e. The lowest BCUT2D eigenvalue weighted by atomic mass is 9.76. The molecule has 18 heavy (non-hydrogen) atoms. The van der Waals surface area contributed by atoms with Crippen LogP contribution < -0.4 is 5.32 Å². The Morgan fingerprint density at radius 2 is 1.44 bits per heavy atom. The highest BCUT2D eigenvalue weighted by Gasteiger charge is 2.30. The van der Waals surface area contributed by atoms with Crippen LogP contribution in [0.4, 0.5) is 0 Å². The zero-order chi connectivity index (χ0) is 14.6. The van der Waals surface area contributed by atoms with Crippen molar-refractivity contribution in [1.29, 1.82) is 0 Å². The van der Waals surface area contributed by atoms with Crippen molar-refractivity contribution in [3.05, 3.63) is 0 Å². The highest BCUT2D eigenvalue weighted by atomic mass is 16.5. The standard InChI is InChI=1S/C16H35NO/c1-13(2)16(9,12-17-14(3,4)5)10-11-18-15(6,7)8/h13,17H,10-12H2,1-9H3. The highest BCUT2D eigenvalue weighted by molar-refractivity contribution is 4.84. The van der Waals surface area contributed by atoms with Gasteiger partial charge in [-0.2, -0.15) is 0 Å². The van der Waals surface area contributed by atoms with Crippen LogP contribution in [0.15, 0.2) is 0 Å². The lowest BCUT2D eigenvalue weighted by molar-refractivity contribution is -0.0231. The maximum atomic E-state index is 5.88. The molecule has 0 saturated carbocycles. The van der Waals surface area contributed by atoms with E-state index in [0.29, 0.717) is 11.3 Å². The molecule has 110 valence electrons. The second-order valence-electron chi connectivity index (χ2n) is 8.12. The first-order valence-corrected chi connectivity index (χ1v) is 7.25. The zero-order valence-electron chi connectivity index (χ0n) is 14.1. The molecule has 0 aromatic heterocycles. The van der Waals surface area contributed by atoms with Gasteiger partial charge < -0.3 is 10.1 Å². The lowest BCUT2D eigenvalue weighted by Crippen LogP contribution is -2.45. The van der Waals surface area contributed by atoms with Crippen LogP contribution in [0.1, 0.15) is 68.7 Å². The minimum absolute atomic E-state index is 0.0324. The molecule has 0 saturated heterocycles. The Kier molecular flexibility index (Phi) is 6.35. The predicted octanol–water partition coefficient (Wildman–Crippen LogP) is 4.24. The molecule has 0 spiro atoms. The van der Waals surface area contributed by atoms with E-state index in [1.807, 2.05) is 0 Å². The molecule has 0 aliphatic heterocycles. The maximum Gasteiger partial charge on any atom is 0.0598 e.